The third-order valence-corrected chi connectivity index (χ3v) is 4.04. The molecule has 21 heavy (non-hydrogen) atoms. The highest BCUT2D eigenvalue weighted by Gasteiger charge is 2.29. The SMILES string of the molecule is CN(C)C1CCN(C(=O)c2cc(Cl)c(N)c([N+](=O)[O-])c2)C1. The molecule has 1 unspecified atom stereocenters. The zero-order chi connectivity index (χ0) is 15.7. The van der Waals surface area contributed by atoms with Crippen LogP contribution in [-0.2, 0) is 0 Å². The Labute approximate surface area is 127 Å². The first-order chi connectivity index (χ1) is 9.81. The topological polar surface area (TPSA) is 92.7 Å². The van der Waals surface area contributed by atoms with E-state index >= 15 is 0 Å². The molecule has 2 N–H and O–H groups in total. The van der Waals surface area contributed by atoms with E-state index in [1.165, 1.54) is 12.1 Å². The minimum absolute atomic E-state index is 0.0240. The number of amides is 1. The summed E-state index contributed by atoms with van der Waals surface area (Å²) in [4.78, 5) is 26.5. The Morgan fingerprint density at radius 1 is 1.52 bits per heavy atom. The number of nitro benzene ring substituents is 1. The second-order valence-electron chi connectivity index (χ2n) is 5.31. The standard InChI is InChI=1S/C13H17ClN4O3/c1-16(2)9-3-4-17(7-9)13(19)8-5-10(14)12(15)11(6-8)18(20)21/h5-6,9H,3-4,7,15H2,1-2H3. The third-order valence-electron chi connectivity index (χ3n) is 3.73. The maximum Gasteiger partial charge on any atom is 0.294 e. The normalized spacial score (nSPS) is 18.3. The molecule has 1 saturated heterocycles. The van der Waals surface area contributed by atoms with Gasteiger partial charge in [0, 0.05) is 30.8 Å². The summed E-state index contributed by atoms with van der Waals surface area (Å²) in [7, 11) is 3.92. The van der Waals surface area contributed by atoms with E-state index in [0.717, 1.165) is 6.42 Å². The van der Waals surface area contributed by atoms with Gasteiger partial charge in [-0.05, 0) is 26.6 Å². The molecule has 0 spiro atoms. The van der Waals surface area contributed by atoms with Crippen LogP contribution < -0.4 is 5.73 Å². The van der Waals surface area contributed by atoms with Crippen molar-refractivity contribution in [2.75, 3.05) is 32.9 Å². The summed E-state index contributed by atoms with van der Waals surface area (Å²) >= 11 is 5.88. The van der Waals surface area contributed by atoms with Crippen LogP contribution in [0.3, 0.4) is 0 Å². The van der Waals surface area contributed by atoms with Gasteiger partial charge in [-0.2, -0.15) is 0 Å². The molecule has 0 saturated carbocycles. The molecule has 8 heteroatoms. The van der Waals surface area contributed by atoms with Gasteiger partial charge in [-0.15, -0.1) is 0 Å². The number of nitrogens with two attached hydrogens (primary N) is 1. The molecule has 0 bridgehead atoms. The van der Waals surface area contributed by atoms with Crippen LogP contribution in [0.2, 0.25) is 5.02 Å². The molecule has 1 aliphatic rings. The van der Waals surface area contributed by atoms with E-state index in [1.807, 2.05) is 14.1 Å². The predicted octanol–water partition coefficient (Wildman–Crippen LogP) is 1.61. The molecule has 0 aromatic heterocycles. The average Bonchev–Trinajstić information content (AvgIpc) is 2.90. The molecule has 1 aromatic rings. The Hall–Kier alpha value is -1.86. The summed E-state index contributed by atoms with van der Waals surface area (Å²) < 4.78 is 0. The molecule has 2 rings (SSSR count). The molecule has 0 aliphatic carbocycles. The van der Waals surface area contributed by atoms with Crippen LogP contribution in [-0.4, -0.2) is 53.9 Å². The van der Waals surface area contributed by atoms with Crippen LogP contribution in [0.5, 0.6) is 0 Å². The molecule has 1 aliphatic heterocycles. The highest BCUT2D eigenvalue weighted by atomic mass is 35.5. The number of likely N-dealkylation sites (N-methyl/N-ethyl adjacent to an activating group) is 1. The van der Waals surface area contributed by atoms with Crippen molar-refractivity contribution < 1.29 is 9.72 Å². The molecule has 7 nitrogen and oxygen atoms in total. The van der Waals surface area contributed by atoms with Crippen molar-refractivity contribution in [3.05, 3.63) is 32.8 Å². The Bertz CT molecular complexity index is 591. The Balaban J connectivity index is 2.26. The van der Waals surface area contributed by atoms with Crippen LogP contribution >= 0.6 is 11.6 Å². The van der Waals surface area contributed by atoms with E-state index in [1.54, 1.807) is 4.90 Å². The van der Waals surface area contributed by atoms with Crippen LogP contribution in [0.1, 0.15) is 16.8 Å². The molecule has 1 atom stereocenters. The van der Waals surface area contributed by atoms with Gasteiger partial charge in [-0.3, -0.25) is 14.9 Å². The highest BCUT2D eigenvalue weighted by molar-refractivity contribution is 6.34. The van der Waals surface area contributed by atoms with E-state index in [-0.39, 0.29) is 27.9 Å². The second-order valence-corrected chi connectivity index (χ2v) is 5.71. The van der Waals surface area contributed by atoms with Crippen molar-refractivity contribution in [2.45, 2.75) is 12.5 Å². The van der Waals surface area contributed by atoms with E-state index < -0.39 is 4.92 Å². The van der Waals surface area contributed by atoms with Gasteiger partial charge in [-0.25, -0.2) is 0 Å². The fourth-order valence-corrected chi connectivity index (χ4v) is 2.62. The van der Waals surface area contributed by atoms with Gasteiger partial charge in [-0.1, -0.05) is 11.6 Å². The number of nitrogens with zero attached hydrogens (tertiary/aromatic N) is 3. The highest BCUT2D eigenvalue weighted by Crippen LogP contribution is 2.31. The van der Waals surface area contributed by atoms with Crippen LogP contribution in [0, 0.1) is 10.1 Å². The molecule has 1 aromatic carbocycles. The van der Waals surface area contributed by atoms with Gasteiger partial charge in [0.15, 0.2) is 0 Å². The van der Waals surface area contributed by atoms with Crippen molar-refractivity contribution in [3.8, 4) is 0 Å². The Morgan fingerprint density at radius 3 is 2.71 bits per heavy atom. The fourth-order valence-electron chi connectivity index (χ4n) is 2.41. The molecule has 1 fully saturated rings. The van der Waals surface area contributed by atoms with Crippen LogP contribution in [0.25, 0.3) is 0 Å². The Kier molecular flexibility index (Phi) is 4.34. The summed E-state index contributed by atoms with van der Waals surface area (Å²) in [5, 5.41) is 11.0. The molecular formula is C13H17ClN4O3. The lowest BCUT2D eigenvalue weighted by Gasteiger charge is -2.20. The largest absolute Gasteiger partial charge is 0.392 e. The summed E-state index contributed by atoms with van der Waals surface area (Å²) in [6.07, 6.45) is 0.879. The number of hydrogen-bond donors (Lipinski definition) is 1. The zero-order valence-electron chi connectivity index (χ0n) is 11.9. The van der Waals surface area contributed by atoms with Crippen molar-refractivity contribution >= 4 is 28.9 Å². The Morgan fingerprint density at radius 2 is 2.19 bits per heavy atom. The van der Waals surface area contributed by atoms with Gasteiger partial charge >= 0.3 is 0 Å². The minimum Gasteiger partial charge on any atom is -0.392 e. The second kappa shape index (κ2) is 5.87. The number of nitrogen functional groups attached to an aromatic ring is 1. The van der Waals surface area contributed by atoms with Crippen molar-refractivity contribution in [1.29, 1.82) is 0 Å². The lowest BCUT2D eigenvalue weighted by Crippen LogP contribution is -2.34. The first-order valence-corrected chi connectivity index (χ1v) is 6.88. The fraction of sp³-hybridized carbons (Fsp3) is 0.462. The van der Waals surface area contributed by atoms with E-state index in [2.05, 4.69) is 4.90 Å². The van der Waals surface area contributed by atoms with E-state index in [9.17, 15) is 14.9 Å². The van der Waals surface area contributed by atoms with Gasteiger partial charge < -0.3 is 15.5 Å². The van der Waals surface area contributed by atoms with Gasteiger partial charge in [0.05, 0.1) is 9.95 Å². The lowest BCUT2D eigenvalue weighted by molar-refractivity contribution is -0.383. The first kappa shape index (κ1) is 15.5. The number of benzene rings is 1. The van der Waals surface area contributed by atoms with Crippen LogP contribution in [0.4, 0.5) is 11.4 Å². The maximum atomic E-state index is 12.4. The molecular weight excluding hydrogens is 296 g/mol. The number of likely N-dealkylation sites (tertiary alicyclic amines) is 1. The maximum absolute atomic E-state index is 12.4. The summed E-state index contributed by atoms with van der Waals surface area (Å²) in [5.41, 5.74) is 5.30. The molecule has 114 valence electrons. The lowest BCUT2D eigenvalue weighted by atomic mass is 10.1. The third kappa shape index (κ3) is 3.08. The summed E-state index contributed by atoms with van der Waals surface area (Å²) in [5.74, 6) is -0.260. The number of carbonyl (C=O) groups excluding carboxylic acids is 1. The first-order valence-electron chi connectivity index (χ1n) is 6.50. The monoisotopic (exact) mass is 312 g/mol. The quantitative estimate of drug-likeness (QED) is 0.520. The molecule has 1 heterocycles. The van der Waals surface area contributed by atoms with Gasteiger partial charge in [0.2, 0.25) is 0 Å². The summed E-state index contributed by atoms with van der Waals surface area (Å²) in [6, 6.07) is 2.87. The van der Waals surface area contributed by atoms with Gasteiger partial charge in [0.25, 0.3) is 11.6 Å². The summed E-state index contributed by atoms with van der Waals surface area (Å²) in [6.45, 7) is 1.22. The predicted molar refractivity (Wildman–Crippen MR) is 80.5 cm³/mol. The number of hydrogen-bond acceptors (Lipinski definition) is 5. The number of nitro groups is 1. The van der Waals surface area contributed by atoms with Gasteiger partial charge in [0.1, 0.15) is 5.69 Å². The smallest absolute Gasteiger partial charge is 0.294 e. The number of rotatable bonds is 3. The van der Waals surface area contributed by atoms with E-state index in [4.69, 9.17) is 17.3 Å². The van der Waals surface area contributed by atoms with E-state index in [0.29, 0.717) is 19.1 Å². The zero-order valence-corrected chi connectivity index (χ0v) is 12.6. The molecule has 1 amide bonds. The number of anilines is 1. The van der Waals surface area contributed by atoms with Crippen molar-refractivity contribution in [1.82, 2.24) is 9.80 Å². The average molecular weight is 313 g/mol. The minimum atomic E-state index is -0.634. The van der Waals surface area contributed by atoms with Crippen molar-refractivity contribution in [3.63, 3.8) is 0 Å². The molecule has 0 radical (unpaired) electrons. The number of halogens is 1. The number of carbonyl (C=O) groups is 1. The van der Waals surface area contributed by atoms with Crippen molar-refractivity contribution in [2.24, 2.45) is 0 Å². The van der Waals surface area contributed by atoms with Crippen LogP contribution in [0.15, 0.2) is 12.1 Å².